The lowest BCUT2D eigenvalue weighted by molar-refractivity contribution is -0.137. The number of alkyl halides is 3. The molecular formula is C21H31F3N4O. The van der Waals surface area contributed by atoms with Gasteiger partial charge in [-0.15, -0.1) is 0 Å². The molecule has 0 aliphatic carbocycles. The van der Waals surface area contributed by atoms with Gasteiger partial charge in [-0.25, -0.2) is 0 Å². The van der Waals surface area contributed by atoms with Crippen LogP contribution in [-0.4, -0.2) is 74.6 Å². The maximum absolute atomic E-state index is 12.9. The molecule has 1 aromatic carbocycles. The molecule has 1 unspecified atom stereocenters. The molecule has 2 fully saturated rings. The van der Waals surface area contributed by atoms with Crippen LogP contribution in [0.25, 0.3) is 0 Å². The number of carbonyl (C=O) groups excluding carboxylic acids is 1. The van der Waals surface area contributed by atoms with Crippen molar-refractivity contribution < 1.29 is 18.0 Å². The van der Waals surface area contributed by atoms with Crippen molar-refractivity contribution >= 4 is 11.6 Å². The highest BCUT2D eigenvalue weighted by Crippen LogP contribution is 2.31. The Morgan fingerprint density at radius 3 is 2.59 bits per heavy atom. The Bertz CT molecular complexity index is 674. The molecule has 0 spiro atoms. The fourth-order valence-corrected chi connectivity index (χ4v) is 4.15. The van der Waals surface area contributed by atoms with Gasteiger partial charge < -0.3 is 10.2 Å². The Morgan fingerprint density at radius 1 is 1.14 bits per heavy atom. The van der Waals surface area contributed by atoms with Crippen LogP contribution in [0.15, 0.2) is 24.3 Å². The standard InChI is InChI=1S/C21H31F3N4O/c1-26-10-3-2-8-19(26)20(29)25-9-5-11-27-12-14-28(15-13-27)18-7-4-6-17(16-18)21(22,23)24/h4,6-7,16,19H,2-3,5,8-15H2,1H3,(H,25,29). The molecular weight excluding hydrogens is 381 g/mol. The number of halogens is 3. The van der Waals surface area contributed by atoms with Crippen LogP contribution in [0.1, 0.15) is 31.2 Å². The number of hydrogen-bond acceptors (Lipinski definition) is 4. The summed E-state index contributed by atoms with van der Waals surface area (Å²) >= 11 is 0. The van der Waals surface area contributed by atoms with Gasteiger partial charge in [0.15, 0.2) is 0 Å². The van der Waals surface area contributed by atoms with Crippen molar-refractivity contribution in [2.45, 2.75) is 37.9 Å². The number of carbonyl (C=O) groups is 1. The zero-order chi connectivity index (χ0) is 20.9. The summed E-state index contributed by atoms with van der Waals surface area (Å²) in [6.07, 6.45) is -0.231. The topological polar surface area (TPSA) is 38.8 Å². The summed E-state index contributed by atoms with van der Waals surface area (Å²) in [5, 5.41) is 3.05. The molecule has 2 saturated heterocycles. The van der Waals surface area contributed by atoms with E-state index in [0.717, 1.165) is 57.9 Å². The molecule has 1 N–H and O–H groups in total. The number of amides is 1. The number of rotatable bonds is 6. The largest absolute Gasteiger partial charge is 0.416 e. The van der Waals surface area contributed by atoms with Crippen molar-refractivity contribution in [1.82, 2.24) is 15.1 Å². The first-order valence-corrected chi connectivity index (χ1v) is 10.5. The maximum Gasteiger partial charge on any atom is 0.416 e. The lowest BCUT2D eigenvalue weighted by atomic mass is 10.0. The number of nitrogens with one attached hydrogen (secondary N) is 1. The van der Waals surface area contributed by atoms with Gasteiger partial charge in [0.05, 0.1) is 11.6 Å². The number of anilines is 1. The Kier molecular flexibility index (Phi) is 7.40. The van der Waals surface area contributed by atoms with Gasteiger partial charge in [-0.2, -0.15) is 13.2 Å². The zero-order valence-electron chi connectivity index (χ0n) is 17.0. The van der Waals surface area contributed by atoms with Crippen LogP contribution in [0.3, 0.4) is 0 Å². The molecule has 2 heterocycles. The van der Waals surface area contributed by atoms with E-state index in [1.807, 2.05) is 11.9 Å². The molecule has 3 rings (SSSR count). The highest BCUT2D eigenvalue weighted by atomic mass is 19.4. The van der Waals surface area contributed by atoms with Crippen LogP contribution < -0.4 is 10.2 Å². The van der Waals surface area contributed by atoms with Crippen molar-refractivity contribution in [2.75, 3.05) is 57.8 Å². The number of hydrogen-bond donors (Lipinski definition) is 1. The van der Waals surface area contributed by atoms with E-state index in [1.54, 1.807) is 6.07 Å². The smallest absolute Gasteiger partial charge is 0.369 e. The minimum atomic E-state index is -4.31. The van der Waals surface area contributed by atoms with Gasteiger partial charge >= 0.3 is 6.18 Å². The van der Waals surface area contributed by atoms with E-state index in [9.17, 15) is 18.0 Å². The molecule has 0 radical (unpaired) electrons. The molecule has 2 aliphatic rings. The van der Waals surface area contributed by atoms with Crippen molar-refractivity contribution in [3.05, 3.63) is 29.8 Å². The average Bonchev–Trinajstić information content (AvgIpc) is 2.71. The Morgan fingerprint density at radius 2 is 1.90 bits per heavy atom. The predicted molar refractivity (Wildman–Crippen MR) is 108 cm³/mol. The fourth-order valence-electron chi connectivity index (χ4n) is 4.15. The zero-order valence-corrected chi connectivity index (χ0v) is 17.0. The molecule has 1 atom stereocenters. The second kappa shape index (κ2) is 9.80. The highest BCUT2D eigenvalue weighted by Gasteiger charge is 2.31. The number of piperazine rings is 1. The Balaban J connectivity index is 1.37. The van der Waals surface area contributed by atoms with Crippen LogP contribution in [0, 0.1) is 0 Å². The molecule has 0 bridgehead atoms. The summed E-state index contributed by atoms with van der Waals surface area (Å²) < 4.78 is 38.7. The van der Waals surface area contributed by atoms with Gasteiger partial charge in [0.2, 0.25) is 5.91 Å². The lowest BCUT2D eigenvalue weighted by Crippen LogP contribution is -2.49. The van der Waals surface area contributed by atoms with Gasteiger partial charge in [0.1, 0.15) is 0 Å². The number of likely N-dealkylation sites (tertiary alicyclic amines) is 1. The summed E-state index contributed by atoms with van der Waals surface area (Å²) in [5.41, 5.74) is 0.0279. The molecule has 2 aliphatic heterocycles. The van der Waals surface area contributed by atoms with Gasteiger partial charge in [0, 0.05) is 38.4 Å². The van der Waals surface area contributed by atoms with Crippen LogP contribution in [-0.2, 0) is 11.0 Å². The van der Waals surface area contributed by atoms with Crippen LogP contribution >= 0.6 is 0 Å². The van der Waals surface area contributed by atoms with E-state index >= 15 is 0 Å². The summed E-state index contributed by atoms with van der Waals surface area (Å²) in [5.74, 6) is 0.126. The Hall–Kier alpha value is -1.80. The van der Waals surface area contributed by atoms with Crippen LogP contribution in [0.5, 0.6) is 0 Å². The molecule has 0 aromatic heterocycles. The normalized spacial score (nSPS) is 21.9. The summed E-state index contributed by atoms with van der Waals surface area (Å²) in [6.45, 7) is 5.58. The SMILES string of the molecule is CN1CCCCC1C(=O)NCCCN1CCN(c2cccc(C(F)(F)F)c2)CC1. The van der Waals surface area contributed by atoms with E-state index in [-0.39, 0.29) is 11.9 Å². The fraction of sp³-hybridized carbons (Fsp3) is 0.667. The third-order valence-electron chi connectivity index (χ3n) is 5.93. The first kappa shape index (κ1) is 21.9. The van der Waals surface area contributed by atoms with Gasteiger partial charge in [-0.1, -0.05) is 12.5 Å². The number of piperidine rings is 1. The molecule has 5 nitrogen and oxygen atoms in total. The molecule has 8 heteroatoms. The average molecular weight is 413 g/mol. The molecule has 1 aromatic rings. The summed E-state index contributed by atoms with van der Waals surface area (Å²) in [7, 11) is 2.01. The molecule has 0 saturated carbocycles. The quantitative estimate of drug-likeness (QED) is 0.730. The van der Waals surface area contributed by atoms with E-state index in [4.69, 9.17) is 0 Å². The van der Waals surface area contributed by atoms with Gasteiger partial charge in [-0.3, -0.25) is 14.6 Å². The second-order valence-corrected chi connectivity index (χ2v) is 8.01. The molecule has 1 amide bonds. The van der Waals surface area contributed by atoms with E-state index < -0.39 is 11.7 Å². The van der Waals surface area contributed by atoms with Crippen LogP contribution in [0.2, 0.25) is 0 Å². The second-order valence-electron chi connectivity index (χ2n) is 8.01. The molecule has 29 heavy (non-hydrogen) atoms. The minimum absolute atomic E-state index is 0.000225. The number of benzene rings is 1. The number of nitrogens with zero attached hydrogens (tertiary/aromatic N) is 3. The first-order valence-electron chi connectivity index (χ1n) is 10.5. The van der Waals surface area contributed by atoms with Gasteiger partial charge in [-0.05, 0) is 57.6 Å². The number of likely N-dealkylation sites (N-methyl/N-ethyl adjacent to an activating group) is 1. The van der Waals surface area contributed by atoms with E-state index in [1.165, 1.54) is 12.1 Å². The third kappa shape index (κ3) is 6.09. The predicted octanol–water partition coefficient (Wildman–Crippen LogP) is 2.82. The highest BCUT2D eigenvalue weighted by molar-refractivity contribution is 5.81. The van der Waals surface area contributed by atoms with Gasteiger partial charge in [0.25, 0.3) is 0 Å². The lowest BCUT2D eigenvalue weighted by Gasteiger charge is -2.36. The van der Waals surface area contributed by atoms with E-state index in [0.29, 0.717) is 25.3 Å². The minimum Gasteiger partial charge on any atom is -0.369 e. The van der Waals surface area contributed by atoms with Crippen molar-refractivity contribution in [3.63, 3.8) is 0 Å². The Labute approximate surface area is 170 Å². The molecule has 162 valence electrons. The van der Waals surface area contributed by atoms with E-state index in [2.05, 4.69) is 15.1 Å². The third-order valence-corrected chi connectivity index (χ3v) is 5.93. The maximum atomic E-state index is 12.9. The first-order chi connectivity index (χ1) is 13.8. The summed E-state index contributed by atoms with van der Waals surface area (Å²) in [4.78, 5) is 18.8. The monoisotopic (exact) mass is 412 g/mol. The van der Waals surface area contributed by atoms with Crippen molar-refractivity contribution in [1.29, 1.82) is 0 Å². The van der Waals surface area contributed by atoms with Crippen molar-refractivity contribution in [3.8, 4) is 0 Å². The van der Waals surface area contributed by atoms with Crippen LogP contribution in [0.4, 0.5) is 18.9 Å². The summed E-state index contributed by atoms with van der Waals surface area (Å²) in [6, 6.07) is 5.55. The van der Waals surface area contributed by atoms with Crippen molar-refractivity contribution in [2.24, 2.45) is 0 Å².